The maximum atomic E-state index is 12.1. The summed E-state index contributed by atoms with van der Waals surface area (Å²) in [5, 5.41) is 0.954. The fourth-order valence-corrected chi connectivity index (χ4v) is 4.45. The number of hydrogen-bond acceptors (Lipinski definition) is 2. The summed E-state index contributed by atoms with van der Waals surface area (Å²) in [6.45, 7) is 2.28. The number of esters is 1. The first-order valence-electron chi connectivity index (χ1n) is 7.02. The van der Waals surface area contributed by atoms with Gasteiger partial charge in [-0.1, -0.05) is 50.3 Å². The lowest BCUT2D eigenvalue weighted by molar-refractivity contribution is -0.138. The summed E-state index contributed by atoms with van der Waals surface area (Å²) in [5.41, 5.74) is 2.15. The van der Waals surface area contributed by atoms with Crippen LogP contribution in [0, 0.1) is 11.8 Å². The van der Waals surface area contributed by atoms with E-state index in [2.05, 4.69) is 37.9 Å². The van der Waals surface area contributed by atoms with E-state index >= 15 is 0 Å². The van der Waals surface area contributed by atoms with E-state index in [1.807, 2.05) is 6.92 Å². The van der Waals surface area contributed by atoms with Crippen molar-refractivity contribution in [3.8, 4) is 0 Å². The van der Waals surface area contributed by atoms with Gasteiger partial charge in [0.25, 0.3) is 0 Å². The molecule has 2 aliphatic rings. The van der Waals surface area contributed by atoms with E-state index in [9.17, 15) is 4.79 Å². The normalized spacial score (nSPS) is 26.8. The number of fused-ring (bicyclic) bond motifs is 1. The zero-order chi connectivity index (χ0) is 13.8. The zero-order valence-electron chi connectivity index (χ0n) is 11.3. The quantitative estimate of drug-likeness (QED) is 0.511. The van der Waals surface area contributed by atoms with Gasteiger partial charge in [-0.25, -0.2) is 4.79 Å². The van der Waals surface area contributed by atoms with Crippen molar-refractivity contribution < 1.29 is 9.53 Å². The highest BCUT2D eigenvalue weighted by Crippen LogP contribution is 2.47. The van der Waals surface area contributed by atoms with Crippen LogP contribution < -0.4 is 0 Å². The van der Waals surface area contributed by atoms with Crippen LogP contribution in [0.2, 0.25) is 0 Å². The maximum Gasteiger partial charge on any atom is 0.338 e. The van der Waals surface area contributed by atoms with Crippen molar-refractivity contribution >= 4 is 37.8 Å². The van der Waals surface area contributed by atoms with Crippen molar-refractivity contribution in [2.75, 3.05) is 11.9 Å². The molecular formula is C15H20Br2O2. The first kappa shape index (κ1) is 15.3. The molecule has 2 atom stereocenters. The van der Waals surface area contributed by atoms with Crippen molar-refractivity contribution in [1.82, 2.24) is 0 Å². The third-order valence-electron chi connectivity index (χ3n) is 4.03. The SMILES string of the molecule is CCOC(=O)C1=C(Br)C2CCCCC2C(CCBr)=C1. The fourth-order valence-electron chi connectivity index (χ4n) is 3.17. The van der Waals surface area contributed by atoms with E-state index in [1.165, 1.54) is 31.3 Å². The average molecular weight is 392 g/mol. The highest BCUT2D eigenvalue weighted by atomic mass is 79.9. The van der Waals surface area contributed by atoms with E-state index in [4.69, 9.17) is 4.74 Å². The van der Waals surface area contributed by atoms with Crippen molar-refractivity contribution in [2.24, 2.45) is 11.8 Å². The second kappa shape index (κ2) is 7.07. The predicted octanol–water partition coefficient (Wildman–Crippen LogP) is 4.73. The topological polar surface area (TPSA) is 26.3 Å². The largest absolute Gasteiger partial charge is 0.462 e. The first-order valence-corrected chi connectivity index (χ1v) is 8.93. The van der Waals surface area contributed by atoms with Crippen molar-refractivity contribution in [3.63, 3.8) is 0 Å². The molecule has 2 rings (SSSR count). The summed E-state index contributed by atoms with van der Waals surface area (Å²) >= 11 is 7.19. The Morgan fingerprint density at radius 2 is 2.05 bits per heavy atom. The Hall–Kier alpha value is -0.0900. The molecule has 2 unspecified atom stereocenters. The third kappa shape index (κ3) is 3.33. The standard InChI is InChI=1S/C15H20Br2O2/c1-2-19-15(18)13-9-10(7-8-16)11-5-3-4-6-12(11)14(13)17/h9,11-12H,2-8H2,1H3. The Balaban J connectivity index is 2.31. The van der Waals surface area contributed by atoms with Crippen LogP contribution >= 0.6 is 31.9 Å². The molecule has 2 aliphatic carbocycles. The van der Waals surface area contributed by atoms with Gasteiger partial charge < -0.3 is 4.74 Å². The molecule has 0 aromatic heterocycles. The van der Waals surface area contributed by atoms with Gasteiger partial charge in [0.1, 0.15) is 0 Å². The summed E-state index contributed by atoms with van der Waals surface area (Å²) < 4.78 is 6.24. The summed E-state index contributed by atoms with van der Waals surface area (Å²) in [6.07, 6.45) is 8.06. The lowest BCUT2D eigenvalue weighted by atomic mass is 9.71. The first-order chi connectivity index (χ1) is 9.19. The van der Waals surface area contributed by atoms with Crippen LogP contribution in [0.5, 0.6) is 0 Å². The summed E-state index contributed by atoms with van der Waals surface area (Å²) in [5.74, 6) is 0.900. The van der Waals surface area contributed by atoms with Gasteiger partial charge in [-0.05, 0) is 44.1 Å². The van der Waals surface area contributed by atoms with Crippen LogP contribution in [0.3, 0.4) is 0 Å². The molecule has 4 heteroatoms. The molecule has 0 N–H and O–H groups in total. The van der Waals surface area contributed by atoms with E-state index in [-0.39, 0.29) is 5.97 Å². The van der Waals surface area contributed by atoms with Gasteiger partial charge >= 0.3 is 5.97 Å². The van der Waals surface area contributed by atoms with Crippen LogP contribution in [0.1, 0.15) is 39.0 Å². The Morgan fingerprint density at radius 1 is 1.37 bits per heavy atom. The number of rotatable bonds is 4. The minimum Gasteiger partial charge on any atom is -0.462 e. The zero-order valence-corrected chi connectivity index (χ0v) is 14.4. The molecule has 0 aromatic rings. The van der Waals surface area contributed by atoms with E-state index in [0.29, 0.717) is 18.4 Å². The average Bonchev–Trinajstić information content (AvgIpc) is 2.42. The molecule has 0 aromatic carbocycles. The molecule has 0 radical (unpaired) electrons. The van der Waals surface area contributed by atoms with Crippen LogP contribution in [0.4, 0.5) is 0 Å². The monoisotopic (exact) mass is 390 g/mol. The Labute approximate surface area is 131 Å². The molecule has 0 bridgehead atoms. The van der Waals surface area contributed by atoms with Crippen molar-refractivity contribution in [1.29, 1.82) is 0 Å². The lowest BCUT2D eigenvalue weighted by Gasteiger charge is -2.37. The third-order valence-corrected chi connectivity index (χ3v) is 5.45. The fraction of sp³-hybridized carbons (Fsp3) is 0.667. The number of alkyl halides is 1. The lowest BCUT2D eigenvalue weighted by Crippen LogP contribution is -2.27. The minimum atomic E-state index is -0.189. The molecule has 0 aliphatic heterocycles. The van der Waals surface area contributed by atoms with Gasteiger partial charge in [0.2, 0.25) is 0 Å². The molecule has 0 saturated heterocycles. The van der Waals surface area contributed by atoms with Crippen LogP contribution in [-0.4, -0.2) is 17.9 Å². The van der Waals surface area contributed by atoms with Crippen molar-refractivity contribution in [3.05, 3.63) is 21.7 Å². The summed E-state index contributed by atoms with van der Waals surface area (Å²) in [4.78, 5) is 12.1. The second-order valence-corrected chi connectivity index (χ2v) is 6.79. The number of halogens is 2. The minimum absolute atomic E-state index is 0.189. The molecule has 106 valence electrons. The maximum absolute atomic E-state index is 12.1. The number of carbonyl (C=O) groups is 1. The van der Waals surface area contributed by atoms with Gasteiger partial charge in [0.05, 0.1) is 12.2 Å². The van der Waals surface area contributed by atoms with E-state index in [0.717, 1.165) is 21.8 Å². The highest BCUT2D eigenvalue weighted by molar-refractivity contribution is 9.11. The van der Waals surface area contributed by atoms with E-state index in [1.54, 1.807) is 0 Å². The number of ether oxygens (including phenoxy) is 1. The van der Waals surface area contributed by atoms with Gasteiger partial charge in [-0.2, -0.15) is 0 Å². The van der Waals surface area contributed by atoms with E-state index < -0.39 is 0 Å². The molecule has 0 amide bonds. The molecule has 1 saturated carbocycles. The smallest absolute Gasteiger partial charge is 0.338 e. The predicted molar refractivity (Wildman–Crippen MR) is 84.5 cm³/mol. The number of allylic oxidation sites excluding steroid dienone is 2. The molecule has 0 heterocycles. The molecule has 0 spiro atoms. The molecule has 19 heavy (non-hydrogen) atoms. The summed E-state index contributed by atoms with van der Waals surface area (Å²) in [6, 6.07) is 0. The van der Waals surface area contributed by atoms with Crippen LogP contribution in [-0.2, 0) is 9.53 Å². The van der Waals surface area contributed by atoms with Gasteiger partial charge in [0, 0.05) is 9.81 Å². The highest BCUT2D eigenvalue weighted by Gasteiger charge is 2.35. The summed E-state index contributed by atoms with van der Waals surface area (Å²) in [7, 11) is 0. The molecular weight excluding hydrogens is 372 g/mol. The number of carbonyl (C=O) groups excluding carboxylic acids is 1. The van der Waals surface area contributed by atoms with Crippen LogP contribution in [0.25, 0.3) is 0 Å². The Bertz CT molecular complexity index is 412. The second-order valence-electron chi connectivity index (χ2n) is 5.14. The Kier molecular flexibility index (Phi) is 5.70. The molecule has 1 fully saturated rings. The Morgan fingerprint density at radius 3 is 2.68 bits per heavy atom. The molecule has 2 nitrogen and oxygen atoms in total. The van der Waals surface area contributed by atoms with Gasteiger partial charge in [-0.15, -0.1) is 0 Å². The van der Waals surface area contributed by atoms with Gasteiger partial charge in [-0.3, -0.25) is 0 Å². The number of hydrogen-bond donors (Lipinski definition) is 0. The van der Waals surface area contributed by atoms with Crippen molar-refractivity contribution in [2.45, 2.75) is 39.0 Å². The van der Waals surface area contributed by atoms with Gasteiger partial charge in [0.15, 0.2) is 0 Å². The van der Waals surface area contributed by atoms with Crippen LogP contribution in [0.15, 0.2) is 21.7 Å².